The van der Waals surface area contributed by atoms with Gasteiger partial charge < -0.3 is 16.0 Å². The molecule has 0 aliphatic carbocycles. The molecule has 0 saturated heterocycles. The van der Waals surface area contributed by atoms with E-state index in [4.69, 9.17) is 0 Å². The Labute approximate surface area is 161 Å². The Morgan fingerprint density at radius 1 is 0.893 bits per heavy atom. The summed E-state index contributed by atoms with van der Waals surface area (Å²) in [6.45, 7) is 0.500. The molecule has 0 unspecified atom stereocenters. The number of halogens is 1. The third kappa shape index (κ3) is 4.88. The first-order chi connectivity index (χ1) is 13.5. The van der Waals surface area contributed by atoms with E-state index in [0.29, 0.717) is 23.6 Å². The number of nitrogens with zero attached hydrogens (tertiary/aromatic N) is 2. The zero-order valence-corrected chi connectivity index (χ0v) is 15.1. The molecule has 3 N–H and O–H groups in total. The number of nitrogens with one attached hydrogen (secondary N) is 3. The normalized spacial score (nSPS) is 10.2. The molecule has 0 bridgehead atoms. The minimum atomic E-state index is -0.388. The van der Waals surface area contributed by atoms with E-state index < -0.39 is 0 Å². The predicted molar refractivity (Wildman–Crippen MR) is 104 cm³/mol. The van der Waals surface area contributed by atoms with Gasteiger partial charge in [-0.2, -0.15) is 0 Å². The Morgan fingerprint density at radius 3 is 2.21 bits per heavy atom. The van der Waals surface area contributed by atoms with Crippen LogP contribution >= 0.6 is 0 Å². The zero-order chi connectivity index (χ0) is 19.9. The molecule has 0 aliphatic rings. The van der Waals surface area contributed by atoms with Gasteiger partial charge in [-0.1, -0.05) is 12.1 Å². The maximum atomic E-state index is 12.9. The third-order valence-corrected chi connectivity index (χ3v) is 3.92. The molecule has 3 aromatic rings. The minimum absolute atomic E-state index is 0.245. The van der Waals surface area contributed by atoms with Gasteiger partial charge in [-0.15, -0.1) is 10.2 Å². The average Bonchev–Trinajstić information content (AvgIpc) is 2.73. The van der Waals surface area contributed by atoms with Crippen molar-refractivity contribution in [3.05, 3.63) is 83.3 Å². The number of aromatic nitrogens is 2. The van der Waals surface area contributed by atoms with Gasteiger partial charge in [0, 0.05) is 24.8 Å². The van der Waals surface area contributed by atoms with E-state index in [1.165, 1.54) is 31.3 Å². The van der Waals surface area contributed by atoms with Crippen LogP contribution in [0.1, 0.15) is 26.4 Å². The van der Waals surface area contributed by atoms with Crippen molar-refractivity contribution in [2.45, 2.75) is 6.54 Å². The summed E-state index contributed by atoms with van der Waals surface area (Å²) in [6.07, 6.45) is 0. The maximum absolute atomic E-state index is 12.9. The molecule has 7 nitrogen and oxygen atoms in total. The first-order valence-corrected chi connectivity index (χ1v) is 8.50. The molecule has 142 valence electrons. The average molecular weight is 379 g/mol. The largest absolute Gasteiger partial charge is 0.365 e. The van der Waals surface area contributed by atoms with Crippen LogP contribution in [0.25, 0.3) is 0 Å². The van der Waals surface area contributed by atoms with Crippen LogP contribution < -0.4 is 16.0 Å². The lowest BCUT2D eigenvalue weighted by molar-refractivity contribution is 0.0956. The molecular formula is C20H18FN5O2. The van der Waals surface area contributed by atoms with Crippen LogP contribution in [-0.2, 0) is 6.54 Å². The van der Waals surface area contributed by atoms with Crippen LogP contribution in [0.5, 0.6) is 0 Å². The number of carbonyl (C=O) groups excluding carboxylic acids is 2. The maximum Gasteiger partial charge on any atom is 0.271 e. The quantitative estimate of drug-likeness (QED) is 0.612. The highest BCUT2D eigenvalue weighted by Crippen LogP contribution is 2.13. The molecule has 2 aromatic carbocycles. The van der Waals surface area contributed by atoms with Gasteiger partial charge in [0.1, 0.15) is 11.6 Å². The fraction of sp³-hybridized carbons (Fsp3) is 0.100. The SMILES string of the molecule is CNC(=O)c1ccc(NCc2ccc(NC(=O)c3ccc(F)cc3)cc2)nn1. The van der Waals surface area contributed by atoms with Crippen LogP contribution in [-0.4, -0.2) is 29.1 Å². The van der Waals surface area contributed by atoms with Gasteiger partial charge in [0.05, 0.1) is 0 Å². The van der Waals surface area contributed by atoms with Gasteiger partial charge in [0.15, 0.2) is 5.69 Å². The molecule has 1 aromatic heterocycles. The molecule has 3 rings (SSSR count). The summed E-state index contributed by atoms with van der Waals surface area (Å²) in [4.78, 5) is 23.6. The van der Waals surface area contributed by atoms with Crippen molar-refractivity contribution in [3.8, 4) is 0 Å². The highest BCUT2D eigenvalue weighted by molar-refractivity contribution is 6.04. The van der Waals surface area contributed by atoms with Gasteiger partial charge in [-0.3, -0.25) is 9.59 Å². The Hall–Kier alpha value is -3.81. The van der Waals surface area contributed by atoms with Crippen LogP contribution in [0.4, 0.5) is 15.9 Å². The summed E-state index contributed by atoms with van der Waals surface area (Å²) in [5.41, 5.74) is 2.23. The topological polar surface area (TPSA) is 96.0 Å². The lowest BCUT2D eigenvalue weighted by Gasteiger charge is -2.08. The number of hydrogen-bond acceptors (Lipinski definition) is 5. The van der Waals surface area contributed by atoms with E-state index in [9.17, 15) is 14.0 Å². The molecule has 0 atom stereocenters. The Bertz CT molecular complexity index is 957. The Morgan fingerprint density at radius 2 is 1.61 bits per heavy atom. The fourth-order valence-corrected chi connectivity index (χ4v) is 2.38. The van der Waals surface area contributed by atoms with E-state index in [2.05, 4.69) is 26.1 Å². The second-order valence-electron chi connectivity index (χ2n) is 5.89. The summed E-state index contributed by atoms with van der Waals surface area (Å²) in [6, 6.07) is 15.9. The van der Waals surface area contributed by atoms with Gasteiger partial charge in [-0.05, 0) is 54.1 Å². The molecule has 0 spiro atoms. The first-order valence-electron chi connectivity index (χ1n) is 8.50. The smallest absolute Gasteiger partial charge is 0.271 e. The Kier molecular flexibility index (Phi) is 5.91. The fourth-order valence-electron chi connectivity index (χ4n) is 2.38. The summed E-state index contributed by atoms with van der Waals surface area (Å²) in [7, 11) is 1.53. The van der Waals surface area contributed by atoms with Crippen molar-refractivity contribution in [3.63, 3.8) is 0 Å². The monoisotopic (exact) mass is 379 g/mol. The van der Waals surface area contributed by atoms with Crippen LogP contribution in [0.2, 0.25) is 0 Å². The van der Waals surface area contributed by atoms with Crippen molar-refractivity contribution in [2.75, 3.05) is 17.7 Å². The molecule has 0 saturated carbocycles. The van der Waals surface area contributed by atoms with Crippen molar-refractivity contribution in [2.24, 2.45) is 0 Å². The van der Waals surface area contributed by atoms with E-state index in [1.807, 2.05) is 12.1 Å². The van der Waals surface area contributed by atoms with Crippen LogP contribution in [0.15, 0.2) is 60.7 Å². The Balaban J connectivity index is 1.55. The number of rotatable bonds is 6. The van der Waals surface area contributed by atoms with E-state index in [-0.39, 0.29) is 23.3 Å². The highest BCUT2D eigenvalue weighted by atomic mass is 19.1. The second kappa shape index (κ2) is 8.72. The van der Waals surface area contributed by atoms with Crippen LogP contribution in [0.3, 0.4) is 0 Å². The predicted octanol–water partition coefficient (Wildman–Crippen LogP) is 2.84. The molecule has 0 fully saturated rings. The number of hydrogen-bond donors (Lipinski definition) is 3. The standard InChI is InChI=1S/C20H18FN5O2/c1-22-20(28)17-10-11-18(26-25-17)23-12-13-2-8-16(9-3-13)24-19(27)14-4-6-15(21)7-5-14/h2-11H,12H2,1H3,(H,22,28)(H,23,26)(H,24,27). The van der Waals surface area contributed by atoms with Gasteiger partial charge in [0.25, 0.3) is 11.8 Å². The van der Waals surface area contributed by atoms with Gasteiger partial charge >= 0.3 is 0 Å². The number of benzene rings is 2. The lowest BCUT2D eigenvalue weighted by atomic mass is 10.1. The summed E-state index contributed by atoms with van der Waals surface area (Å²) in [5.74, 6) is -0.447. The number of anilines is 2. The lowest BCUT2D eigenvalue weighted by Crippen LogP contribution is -2.19. The molecule has 0 radical (unpaired) electrons. The van der Waals surface area contributed by atoms with Gasteiger partial charge in [0.2, 0.25) is 0 Å². The molecule has 8 heteroatoms. The van der Waals surface area contributed by atoms with Gasteiger partial charge in [-0.25, -0.2) is 4.39 Å². The van der Waals surface area contributed by atoms with Crippen molar-refractivity contribution < 1.29 is 14.0 Å². The van der Waals surface area contributed by atoms with E-state index in [1.54, 1.807) is 24.3 Å². The summed E-state index contributed by atoms with van der Waals surface area (Å²) < 4.78 is 12.9. The highest BCUT2D eigenvalue weighted by Gasteiger charge is 2.07. The zero-order valence-electron chi connectivity index (χ0n) is 15.1. The number of amides is 2. The molecule has 28 heavy (non-hydrogen) atoms. The van der Waals surface area contributed by atoms with Crippen molar-refractivity contribution in [1.29, 1.82) is 0 Å². The molecule has 0 aliphatic heterocycles. The molecule has 1 heterocycles. The third-order valence-electron chi connectivity index (χ3n) is 3.92. The molecular weight excluding hydrogens is 361 g/mol. The molecule has 2 amide bonds. The van der Waals surface area contributed by atoms with E-state index in [0.717, 1.165) is 5.56 Å². The second-order valence-corrected chi connectivity index (χ2v) is 5.89. The minimum Gasteiger partial charge on any atom is -0.365 e. The summed E-state index contributed by atoms with van der Waals surface area (Å²) in [5, 5.41) is 16.2. The van der Waals surface area contributed by atoms with Crippen molar-refractivity contribution >= 4 is 23.3 Å². The van der Waals surface area contributed by atoms with E-state index >= 15 is 0 Å². The first kappa shape index (κ1) is 19.0. The van der Waals surface area contributed by atoms with Crippen LogP contribution in [0, 0.1) is 5.82 Å². The summed E-state index contributed by atoms with van der Waals surface area (Å²) >= 11 is 0. The number of carbonyl (C=O) groups is 2. The van der Waals surface area contributed by atoms with Crippen molar-refractivity contribution in [1.82, 2.24) is 15.5 Å².